The van der Waals surface area contributed by atoms with Crippen LogP contribution in [0.3, 0.4) is 0 Å². The number of hydrogen-bond acceptors (Lipinski definition) is 7. The molecule has 3 aromatic rings. The number of carbonyl (C=O) groups is 2. The Morgan fingerprint density at radius 3 is 2.43 bits per heavy atom. The normalized spacial score (nSPS) is 14.1. The fraction of sp³-hybridized carbons (Fsp3) is 0.385. The van der Waals surface area contributed by atoms with Gasteiger partial charge in [-0.3, -0.25) is 9.35 Å². The van der Waals surface area contributed by atoms with Crippen molar-refractivity contribution in [3.63, 3.8) is 0 Å². The Hall–Kier alpha value is -3.41. The number of para-hydroxylation sites is 1. The molecule has 37 heavy (non-hydrogen) atoms. The molecule has 0 aliphatic carbocycles. The van der Waals surface area contributed by atoms with Crippen molar-refractivity contribution in [3.05, 3.63) is 65.9 Å². The van der Waals surface area contributed by atoms with Crippen molar-refractivity contribution in [2.75, 3.05) is 7.05 Å². The van der Waals surface area contributed by atoms with Crippen LogP contribution >= 0.6 is 0 Å². The largest absolute Gasteiger partial charge is 0.459 e. The maximum Gasteiger partial charge on any atom is 0.446 e. The first kappa shape index (κ1) is 28.2. The highest BCUT2D eigenvalue weighted by atomic mass is 32.3. The second-order valence-corrected chi connectivity index (χ2v) is 10.0. The second-order valence-electron chi connectivity index (χ2n) is 8.98. The molecule has 11 heteroatoms. The van der Waals surface area contributed by atoms with E-state index in [1.54, 1.807) is 7.05 Å². The van der Waals surface area contributed by atoms with Crippen molar-refractivity contribution in [3.8, 4) is 5.75 Å². The lowest BCUT2D eigenvalue weighted by molar-refractivity contribution is -0.149. The Bertz CT molecular complexity index is 1310. The molecule has 0 saturated carbocycles. The first-order valence-corrected chi connectivity index (χ1v) is 13.4. The van der Waals surface area contributed by atoms with E-state index in [2.05, 4.69) is 33.6 Å². The minimum absolute atomic E-state index is 0.0820. The average Bonchev–Trinajstić information content (AvgIpc) is 3.27. The molecular formula is C26H33N3O7S. The highest BCUT2D eigenvalue weighted by Crippen LogP contribution is 2.20. The third-order valence-corrected chi connectivity index (χ3v) is 6.61. The van der Waals surface area contributed by atoms with E-state index in [-0.39, 0.29) is 24.7 Å². The minimum Gasteiger partial charge on any atom is -0.459 e. The summed E-state index contributed by atoms with van der Waals surface area (Å²) in [5.74, 6) is -0.636. The van der Waals surface area contributed by atoms with Crippen LogP contribution in [0.15, 0.2) is 54.7 Å². The number of aromatic amines is 1. The quantitative estimate of drug-likeness (QED) is 0.194. The van der Waals surface area contributed by atoms with Crippen molar-refractivity contribution in [1.29, 1.82) is 0 Å². The molecule has 0 aliphatic rings. The third kappa shape index (κ3) is 8.31. The van der Waals surface area contributed by atoms with Gasteiger partial charge >= 0.3 is 16.4 Å². The number of ether oxygens (including phenoxy) is 1. The number of nitrogens with one attached hydrogen (secondary N) is 3. The van der Waals surface area contributed by atoms with E-state index in [9.17, 15) is 18.0 Å². The van der Waals surface area contributed by atoms with Crippen LogP contribution in [0.4, 0.5) is 0 Å². The van der Waals surface area contributed by atoms with Crippen molar-refractivity contribution in [2.45, 2.75) is 51.8 Å². The summed E-state index contributed by atoms with van der Waals surface area (Å²) in [7, 11) is -2.91. The monoisotopic (exact) mass is 531 g/mol. The molecule has 2 aromatic carbocycles. The van der Waals surface area contributed by atoms with Crippen LogP contribution in [0.25, 0.3) is 10.9 Å². The van der Waals surface area contributed by atoms with Gasteiger partial charge in [-0.05, 0) is 48.7 Å². The highest BCUT2D eigenvalue weighted by molar-refractivity contribution is 7.81. The second kappa shape index (κ2) is 12.7. The number of esters is 1. The zero-order valence-electron chi connectivity index (χ0n) is 21.1. The van der Waals surface area contributed by atoms with E-state index in [1.807, 2.05) is 30.5 Å². The van der Waals surface area contributed by atoms with E-state index in [0.717, 1.165) is 22.9 Å². The van der Waals surface area contributed by atoms with Gasteiger partial charge in [0.05, 0.1) is 6.04 Å². The molecule has 0 spiro atoms. The van der Waals surface area contributed by atoms with Crippen molar-refractivity contribution < 1.29 is 31.5 Å². The van der Waals surface area contributed by atoms with Gasteiger partial charge in [0.2, 0.25) is 5.91 Å². The molecule has 4 N–H and O–H groups in total. The first-order valence-electron chi connectivity index (χ1n) is 12.0. The Balaban J connectivity index is 1.74. The van der Waals surface area contributed by atoms with Crippen molar-refractivity contribution in [2.24, 2.45) is 5.92 Å². The predicted molar refractivity (Wildman–Crippen MR) is 139 cm³/mol. The molecule has 3 rings (SSSR count). The zero-order valence-corrected chi connectivity index (χ0v) is 21.9. The van der Waals surface area contributed by atoms with Gasteiger partial charge in [-0.1, -0.05) is 50.6 Å². The van der Waals surface area contributed by atoms with Crippen LogP contribution in [0, 0.1) is 5.92 Å². The van der Waals surface area contributed by atoms with Crippen LogP contribution in [-0.4, -0.2) is 49.0 Å². The van der Waals surface area contributed by atoms with E-state index in [4.69, 9.17) is 9.29 Å². The van der Waals surface area contributed by atoms with Gasteiger partial charge in [0.15, 0.2) is 0 Å². The summed E-state index contributed by atoms with van der Waals surface area (Å²) < 4.78 is 40.4. The van der Waals surface area contributed by atoms with Crippen LogP contribution in [0.2, 0.25) is 0 Å². The van der Waals surface area contributed by atoms with E-state index >= 15 is 0 Å². The van der Waals surface area contributed by atoms with Gasteiger partial charge in [0.25, 0.3) is 0 Å². The molecule has 0 bridgehead atoms. The van der Waals surface area contributed by atoms with Gasteiger partial charge in [-0.25, -0.2) is 4.79 Å². The van der Waals surface area contributed by atoms with E-state index in [0.29, 0.717) is 17.9 Å². The summed E-state index contributed by atoms with van der Waals surface area (Å²) in [6.07, 6.45) is 3.61. The first-order chi connectivity index (χ1) is 17.6. The van der Waals surface area contributed by atoms with E-state index < -0.39 is 28.5 Å². The lowest BCUT2D eigenvalue weighted by Gasteiger charge is -2.23. The smallest absolute Gasteiger partial charge is 0.446 e. The number of rotatable bonds is 13. The van der Waals surface area contributed by atoms with Crippen molar-refractivity contribution >= 4 is 33.2 Å². The average molecular weight is 532 g/mol. The van der Waals surface area contributed by atoms with Gasteiger partial charge in [0.1, 0.15) is 18.4 Å². The Morgan fingerprint density at radius 2 is 1.78 bits per heavy atom. The Labute approximate surface area is 216 Å². The van der Waals surface area contributed by atoms with Crippen LogP contribution in [0.5, 0.6) is 5.75 Å². The number of aromatic nitrogens is 1. The van der Waals surface area contributed by atoms with Gasteiger partial charge in [0, 0.05) is 23.5 Å². The summed E-state index contributed by atoms with van der Waals surface area (Å²) in [6.45, 7) is 4.03. The van der Waals surface area contributed by atoms with Crippen LogP contribution in [-0.2, 0) is 37.8 Å². The topological polar surface area (TPSA) is 147 Å². The molecule has 0 radical (unpaired) electrons. The summed E-state index contributed by atoms with van der Waals surface area (Å²) in [4.78, 5) is 29.4. The van der Waals surface area contributed by atoms with Crippen LogP contribution in [0.1, 0.15) is 37.8 Å². The zero-order chi connectivity index (χ0) is 27.0. The lowest BCUT2D eigenvalue weighted by atomic mass is 9.98. The predicted octanol–water partition coefficient (Wildman–Crippen LogP) is 3.14. The summed E-state index contributed by atoms with van der Waals surface area (Å²) >= 11 is 0. The SMILES string of the molecule is CCC(C)CC(NC)C(=O)NC(Cc1c[nH]c2ccccc12)C(=O)OCc1ccc(OS(=O)(=O)O)cc1. The fourth-order valence-electron chi connectivity index (χ4n) is 3.93. The molecule has 1 heterocycles. The van der Waals surface area contributed by atoms with Gasteiger partial charge in [-0.15, -0.1) is 0 Å². The molecule has 10 nitrogen and oxygen atoms in total. The minimum atomic E-state index is -4.63. The number of benzene rings is 2. The molecule has 0 saturated heterocycles. The third-order valence-electron chi connectivity index (χ3n) is 6.21. The maximum absolute atomic E-state index is 13.2. The number of carbonyl (C=O) groups excluding carboxylic acids is 2. The molecule has 3 unspecified atom stereocenters. The number of H-pyrrole nitrogens is 1. The molecule has 0 fully saturated rings. The maximum atomic E-state index is 13.2. The van der Waals surface area contributed by atoms with Crippen molar-refractivity contribution in [1.82, 2.24) is 15.6 Å². The molecule has 0 aliphatic heterocycles. The summed E-state index contributed by atoms with van der Waals surface area (Å²) in [6, 6.07) is 12.0. The fourth-order valence-corrected chi connectivity index (χ4v) is 4.28. The van der Waals surface area contributed by atoms with Gasteiger partial charge < -0.3 is 24.5 Å². The lowest BCUT2D eigenvalue weighted by Crippen LogP contribution is -2.51. The van der Waals surface area contributed by atoms with E-state index in [1.165, 1.54) is 24.3 Å². The molecule has 1 aromatic heterocycles. The molecule has 3 atom stereocenters. The van der Waals surface area contributed by atoms with Crippen LogP contribution < -0.4 is 14.8 Å². The number of hydrogen-bond donors (Lipinski definition) is 4. The number of amides is 1. The summed E-state index contributed by atoms with van der Waals surface area (Å²) in [5, 5.41) is 6.86. The number of fused-ring (bicyclic) bond motifs is 1. The summed E-state index contributed by atoms with van der Waals surface area (Å²) in [5.41, 5.74) is 2.36. The van der Waals surface area contributed by atoms with Gasteiger partial charge in [-0.2, -0.15) is 8.42 Å². The number of likely N-dealkylation sites (N-methyl/N-ethyl adjacent to an activating group) is 1. The Kier molecular flexibility index (Phi) is 9.67. The molecule has 1 amide bonds. The Morgan fingerprint density at radius 1 is 1.08 bits per heavy atom. The molecule has 200 valence electrons. The highest BCUT2D eigenvalue weighted by Gasteiger charge is 2.28. The standard InChI is InChI=1S/C26H33N3O7S/c1-4-17(2)13-23(27-3)25(30)29-24(14-19-15-28-22-8-6-5-7-21(19)22)26(31)35-16-18-9-11-20(12-10-18)36-37(32,33)34/h5-12,15,17,23-24,27-28H,4,13-14,16H2,1-3H3,(H,29,30)(H,32,33,34). The molecular weight excluding hydrogens is 498 g/mol.